The van der Waals surface area contributed by atoms with Crippen LogP contribution in [0.15, 0.2) is 30.9 Å². The van der Waals surface area contributed by atoms with Gasteiger partial charge in [0.2, 0.25) is 5.82 Å². The Morgan fingerprint density at radius 1 is 1.42 bits per heavy atom. The molecule has 0 aliphatic heterocycles. The minimum Gasteiger partial charge on any atom is -0.364 e. The highest BCUT2D eigenvalue weighted by molar-refractivity contribution is 5.76. The molecule has 2 aromatic rings. The Morgan fingerprint density at radius 2 is 2.26 bits per heavy atom. The van der Waals surface area contributed by atoms with Crippen LogP contribution in [-0.2, 0) is 0 Å². The van der Waals surface area contributed by atoms with Crippen molar-refractivity contribution in [3.63, 3.8) is 0 Å². The summed E-state index contributed by atoms with van der Waals surface area (Å²) in [5.74, 6) is 0.237. The van der Waals surface area contributed by atoms with Gasteiger partial charge >= 0.3 is 5.69 Å². The average molecular weight is 259 g/mol. The Balaban J connectivity index is 2.52. The molecule has 98 valence electrons. The van der Waals surface area contributed by atoms with E-state index in [1.807, 2.05) is 6.92 Å². The number of nitro groups is 1. The molecule has 0 saturated carbocycles. The van der Waals surface area contributed by atoms with E-state index in [9.17, 15) is 10.1 Å². The fourth-order valence-electron chi connectivity index (χ4n) is 1.64. The molecular formula is C12H13N5O2. The molecule has 7 heteroatoms. The summed E-state index contributed by atoms with van der Waals surface area (Å²) < 4.78 is 0. The zero-order valence-corrected chi connectivity index (χ0v) is 10.4. The van der Waals surface area contributed by atoms with Crippen LogP contribution in [-0.4, -0.2) is 26.4 Å². The molecule has 0 aromatic carbocycles. The molecule has 0 atom stereocenters. The monoisotopic (exact) mass is 259 g/mol. The zero-order chi connectivity index (χ0) is 13.7. The quantitative estimate of drug-likeness (QED) is 0.653. The maximum Gasteiger partial charge on any atom is 0.337 e. The first-order chi connectivity index (χ1) is 9.24. The number of nitrogens with zero attached hydrogens (tertiary/aromatic N) is 4. The van der Waals surface area contributed by atoms with Gasteiger partial charge in [-0.2, -0.15) is 0 Å². The maximum atomic E-state index is 11.2. The summed E-state index contributed by atoms with van der Waals surface area (Å²) in [6, 6.07) is 3.44. The Hall–Kier alpha value is -2.57. The van der Waals surface area contributed by atoms with Gasteiger partial charge in [0.05, 0.1) is 4.92 Å². The lowest BCUT2D eigenvalue weighted by Crippen LogP contribution is -2.07. The minimum atomic E-state index is -0.472. The van der Waals surface area contributed by atoms with Crippen LogP contribution in [0.3, 0.4) is 0 Å². The second-order valence-corrected chi connectivity index (χ2v) is 3.85. The Kier molecular flexibility index (Phi) is 3.97. The molecule has 0 aliphatic carbocycles. The van der Waals surface area contributed by atoms with Crippen LogP contribution in [0.5, 0.6) is 0 Å². The van der Waals surface area contributed by atoms with E-state index in [0.29, 0.717) is 12.1 Å². The van der Waals surface area contributed by atoms with Crippen molar-refractivity contribution in [3.8, 4) is 11.3 Å². The lowest BCUT2D eigenvalue weighted by Gasteiger charge is -2.07. The topological polar surface area (TPSA) is 93.8 Å². The number of nitrogens with one attached hydrogen (secondary N) is 1. The standard InChI is InChI=1S/C12H13N5O2/c1-2-5-14-12-11(17(18)19)10(15-8-16-12)9-4-3-6-13-7-9/h3-4,6-8H,2,5H2,1H3,(H,14,15,16). The van der Waals surface area contributed by atoms with E-state index < -0.39 is 4.92 Å². The minimum absolute atomic E-state index is 0.121. The summed E-state index contributed by atoms with van der Waals surface area (Å²) in [6.07, 6.45) is 5.31. The molecule has 0 amide bonds. The van der Waals surface area contributed by atoms with Crippen LogP contribution < -0.4 is 5.32 Å². The van der Waals surface area contributed by atoms with Crippen molar-refractivity contribution in [2.45, 2.75) is 13.3 Å². The fourth-order valence-corrected chi connectivity index (χ4v) is 1.64. The van der Waals surface area contributed by atoms with Crippen molar-refractivity contribution in [3.05, 3.63) is 41.0 Å². The van der Waals surface area contributed by atoms with Crippen molar-refractivity contribution in [2.24, 2.45) is 0 Å². The highest BCUT2D eigenvalue weighted by atomic mass is 16.6. The van der Waals surface area contributed by atoms with Crippen LogP contribution in [0.4, 0.5) is 11.5 Å². The Bertz CT molecular complexity index is 574. The summed E-state index contributed by atoms with van der Waals surface area (Å²) in [4.78, 5) is 22.7. The summed E-state index contributed by atoms with van der Waals surface area (Å²) in [5.41, 5.74) is 0.742. The van der Waals surface area contributed by atoms with Gasteiger partial charge < -0.3 is 5.32 Å². The molecule has 2 rings (SSSR count). The van der Waals surface area contributed by atoms with Gasteiger partial charge in [0.25, 0.3) is 0 Å². The van der Waals surface area contributed by atoms with Gasteiger partial charge in [-0.3, -0.25) is 15.1 Å². The second-order valence-electron chi connectivity index (χ2n) is 3.85. The van der Waals surface area contributed by atoms with Crippen molar-refractivity contribution >= 4 is 11.5 Å². The normalized spacial score (nSPS) is 10.2. The summed E-state index contributed by atoms with van der Waals surface area (Å²) in [7, 11) is 0. The first kappa shape index (κ1) is 12.9. The van der Waals surface area contributed by atoms with E-state index in [2.05, 4.69) is 20.3 Å². The predicted octanol–water partition coefficient (Wildman–Crippen LogP) is 2.27. The van der Waals surface area contributed by atoms with Crippen molar-refractivity contribution in [2.75, 3.05) is 11.9 Å². The first-order valence-corrected chi connectivity index (χ1v) is 5.87. The SMILES string of the molecule is CCCNc1ncnc(-c2cccnc2)c1[N+](=O)[O-]. The number of hydrogen-bond donors (Lipinski definition) is 1. The molecule has 0 fully saturated rings. The van der Waals surface area contributed by atoms with Gasteiger partial charge in [-0.25, -0.2) is 9.97 Å². The van der Waals surface area contributed by atoms with Gasteiger partial charge in [-0.15, -0.1) is 0 Å². The van der Waals surface area contributed by atoms with Crippen molar-refractivity contribution < 1.29 is 4.92 Å². The summed E-state index contributed by atoms with van der Waals surface area (Å²) >= 11 is 0. The van der Waals surface area contributed by atoms with E-state index in [-0.39, 0.29) is 17.2 Å². The number of pyridine rings is 1. The molecule has 0 bridgehead atoms. The highest BCUT2D eigenvalue weighted by Crippen LogP contribution is 2.32. The van der Waals surface area contributed by atoms with Gasteiger partial charge in [0, 0.05) is 24.5 Å². The third-order valence-corrected chi connectivity index (χ3v) is 2.48. The van der Waals surface area contributed by atoms with Crippen molar-refractivity contribution in [1.82, 2.24) is 15.0 Å². The highest BCUT2D eigenvalue weighted by Gasteiger charge is 2.23. The van der Waals surface area contributed by atoms with E-state index in [4.69, 9.17) is 0 Å². The third-order valence-electron chi connectivity index (χ3n) is 2.48. The number of anilines is 1. The van der Waals surface area contributed by atoms with Crippen LogP contribution in [0, 0.1) is 10.1 Å². The molecule has 1 N–H and O–H groups in total. The molecule has 0 unspecified atom stereocenters. The predicted molar refractivity (Wildman–Crippen MR) is 70.7 cm³/mol. The molecule has 0 spiro atoms. The zero-order valence-electron chi connectivity index (χ0n) is 10.4. The molecule has 2 aromatic heterocycles. The maximum absolute atomic E-state index is 11.2. The van der Waals surface area contributed by atoms with Gasteiger partial charge in [0.15, 0.2) is 5.69 Å². The molecule has 19 heavy (non-hydrogen) atoms. The van der Waals surface area contributed by atoms with Crippen molar-refractivity contribution in [1.29, 1.82) is 0 Å². The molecule has 0 aliphatic rings. The van der Waals surface area contributed by atoms with Gasteiger partial charge in [-0.05, 0) is 18.6 Å². The van der Waals surface area contributed by atoms with E-state index in [0.717, 1.165) is 6.42 Å². The van der Waals surface area contributed by atoms with Crippen LogP contribution in [0.2, 0.25) is 0 Å². The smallest absolute Gasteiger partial charge is 0.337 e. The Morgan fingerprint density at radius 3 is 2.89 bits per heavy atom. The van der Waals surface area contributed by atoms with Crippen LogP contribution in [0.25, 0.3) is 11.3 Å². The second kappa shape index (κ2) is 5.85. The summed E-state index contributed by atoms with van der Waals surface area (Å²) in [6.45, 7) is 2.59. The first-order valence-electron chi connectivity index (χ1n) is 5.87. The van der Waals surface area contributed by atoms with Crippen LogP contribution >= 0.6 is 0 Å². The number of rotatable bonds is 5. The molecule has 0 saturated heterocycles. The fraction of sp³-hybridized carbons (Fsp3) is 0.250. The largest absolute Gasteiger partial charge is 0.364 e. The third kappa shape index (κ3) is 2.82. The van der Waals surface area contributed by atoms with E-state index in [1.54, 1.807) is 24.5 Å². The lowest BCUT2D eigenvalue weighted by atomic mass is 10.1. The van der Waals surface area contributed by atoms with E-state index >= 15 is 0 Å². The number of aromatic nitrogens is 3. The molecule has 0 radical (unpaired) electrons. The average Bonchev–Trinajstić information content (AvgIpc) is 2.45. The van der Waals surface area contributed by atoms with Crippen LogP contribution in [0.1, 0.15) is 13.3 Å². The van der Waals surface area contributed by atoms with Gasteiger partial charge in [-0.1, -0.05) is 6.92 Å². The lowest BCUT2D eigenvalue weighted by molar-refractivity contribution is -0.383. The molecular weight excluding hydrogens is 246 g/mol. The molecule has 2 heterocycles. The molecule has 7 nitrogen and oxygen atoms in total. The Labute approximate surface area is 109 Å². The van der Waals surface area contributed by atoms with Gasteiger partial charge in [0.1, 0.15) is 6.33 Å². The number of hydrogen-bond acceptors (Lipinski definition) is 6. The summed E-state index contributed by atoms with van der Waals surface area (Å²) in [5, 5.41) is 14.2. The van der Waals surface area contributed by atoms with E-state index in [1.165, 1.54) is 6.33 Å².